The van der Waals surface area contributed by atoms with E-state index in [1.54, 1.807) is 84.1 Å². The topological polar surface area (TPSA) is 280 Å². The highest BCUT2D eigenvalue weighted by Crippen LogP contribution is 2.38. The number of pyridine rings is 2. The van der Waals surface area contributed by atoms with E-state index in [2.05, 4.69) is 20.1 Å². The van der Waals surface area contributed by atoms with E-state index in [1.165, 1.54) is 37.5 Å². The van der Waals surface area contributed by atoms with Crippen molar-refractivity contribution < 1.29 is 59.3 Å². The number of hydrogen-bond acceptors (Lipinski definition) is 15. The normalized spacial score (nSPS) is 15.4. The number of methoxy groups -OCH3 is 2. The van der Waals surface area contributed by atoms with Gasteiger partial charge in [0.25, 0.3) is 10.0 Å². The van der Waals surface area contributed by atoms with Crippen LogP contribution in [0.5, 0.6) is 11.8 Å². The molecule has 2 bridgehead atoms. The summed E-state index contributed by atoms with van der Waals surface area (Å²) >= 11 is 0. The van der Waals surface area contributed by atoms with Gasteiger partial charge in [-0.25, -0.2) is 45.4 Å². The van der Waals surface area contributed by atoms with E-state index in [-0.39, 0.29) is 60.4 Å². The predicted molar refractivity (Wildman–Crippen MR) is 270 cm³/mol. The lowest BCUT2D eigenvalue weighted by Crippen LogP contribution is -2.34. The summed E-state index contributed by atoms with van der Waals surface area (Å²) in [5.74, 6) is -2.92. The number of sulfonamides is 2. The third-order valence-corrected chi connectivity index (χ3v) is 13.6. The largest absolute Gasteiger partial charge is 0.481 e. The molecule has 19 nitrogen and oxygen atoms in total. The van der Waals surface area contributed by atoms with Crippen LogP contribution in [0.25, 0.3) is 22.3 Å². The molecule has 6 N–H and O–H groups in total. The number of nitrogens with one attached hydrogen (secondary N) is 1. The van der Waals surface area contributed by atoms with Crippen LogP contribution in [0.1, 0.15) is 101 Å². The van der Waals surface area contributed by atoms with E-state index in [0.717, 1.165) is 12.4 Å². The van der Waals surface area contributed by atoms with E-state index >= 15 is 8.78 Å². The van der Waals surface area contributed by atoms with Crippen molar-refractivity contribution in [3.8, 4) is 34.0 Å². The zero-order chi connectivity index (χ0) is 54.2. The van der Waals surface area contributed by atoms with Crippen molar-refractivity contribution in [1.82, 2.24) is 24.5 Å². The first-order valence-corrected chi connectivity index (χ1v) is 25.8. The fraction of sp³-hybridized carbons (Fsp3) is 0.400. The third-order valence-electron chi connectivity index (χ3n) is 11.4. The summed E-state index contributed by atoms with van der Waals surface area (Å²) in [7, 11) is -5.30. The maximum atomic E-state index is 15.6. The predicted octanol–water partition coefficient (Wildman–Crippen LogP) is 6.63. The van der Waals surface area contributed by atoms with Crippen molar-refractivity contribution in [2.24, 2.45) is 15.9 Å². The maximum Gasteiger partial charge on any atom is 0.307 e. The molecular weight excluding hydrogens is 991 g/mol. The lowest BCUT2D eigenvalue weighted by molar-refractivity contribution is -0.136. The number of hydrogen-bond donors (Lipinski definition) is 4. The molecule has 394 valence electrons. The number of amides is 1. The molecule has 1 aliphatic heterocycles. The Labute approximate surface area is 424 Å². The highest BCUT2D eigenvalue weighted by atomic mass is 32.2. The Hall–Kier alpha value is -6.66. The summed E-state index contributed by atoms with van der Waals surface area (Å²) in [5, 5.41) is 18.8. The second-order valence-corrected chi connectivity index (χ2v) is 22.2. The van der Waals surface area contributed by atoms with Gasteiger partial charge in [0, 0.05) is 68.5 Å². The second-order valence-electron chi connectivity index (χ2n) is 19.0. The van der Waals surface area contributed by atoms with Crippen molar-refractivity contribution >= 4 is 38.1 Å². The number of fused-ring (bicyclic) bond motifs is 4. The first kappa shape index (κ1) is 57.2. The van der Waals surface area contributed by atoms with Gasteiger partial charge in [-0.15, -0.1) is 0 Å². The molecule has 0 aliphatic carbocycles. The maximum absolute atomic E-state index is 15.6. The van der Waals surface area contributed by atoms with Gasteiger partial charge in [-0.1, -0.05) is 27.7 Å². The number of nitrogens with zero attached hydrogens (tertiary/aromatic N) is 5. The molecule has 73 heavy (non-hydrogen) atoms. The molecule has 0 spiro atoms. The SMILES string of the molecule is COCc1cc(-c2ccnc(OCC(C)(C)n3cc(S(N)(=O)=O)cn3)c2)c(CC(=O)O)c(C(C)C)c1F.COCc1cc2c(c(C(C)C)c1F)CC(=O)NS(=O)(=O)C(=CN)C=NC(C)(C)COc1cc-2ccn1. The van der Waals surface area contributed by atoms with Gasteiger partial charge in [0.1, 0.15) is 34.6 Å². The molecule has 4 heterocycles. The van der Waals surface area contributed by atoms with Crippen molar-refractivity contribution in [3.63, 3.8) is 0 Å². The number of halogens is 2. The molecule has 6 rings (SSSR count). The molecule has 0 saturated carbocycles. The van der Waals surface area contributed by atoms with E-state index in [1.807, 2.05) is 18.6 Å². The lowest BCUT2D eigenvalue weighted by Gasteiger charge is -2.25. The Bertz CT molecular complexity index is 3140. The number of aromatic nitrogens is 4. The van der Waals surface area contributed by atoms with Gasteiger partial charge in [-0.05, 0) is 108 Å². The summed E-state index contributed by atoms with van der Waals surface area (Å²) in [4.78, 5) is 37.0. The monoisotopic (exact) mass is 1050 g/mol. The zero-order valence-electron chi connectivity index (χ0n) is 42.3. The average Bonchev–Trinajstić information content (AvgIpc) is 3.83. The highest BCUT2D eigenvalue weighted by Gasteiger charge is 2.29. The first-order valence-electron chi connectivity index (χ1n) is 22.8. The van der Waals surface area contributed by atoms with Gasteiger partial charge in [-0.3, -0.25) is 19.3 Å². The fourth-order valence-corrected chi connectivity index (χ4v) is 9.17. The Morgan fingerprint density at radius 2 is 1.56 bits per heavy atom. The minimum atomic E-state index is -4.33. The van der Waals surface area contributed by atoms with Crippen LogP contribution in [0.4, 0.5) is 8.78 Å². The number of allylic oxidation sites excluding steroid dienone is 1. The molecule has 0 atom stereocenters. The standard InChI is InChI=1S/C25H31FN4O6S.C25H31FN4O5S/c1-15(2)23-20(10-22(31)32)19(8-17(13-35-5)24(23)26)16-6-7-28-21(9-16)36-14-25(3,4)30-12-18(11-29-30)37(27,33)34;1-15(2)23-20-10-21(31)30-36(32,33)18(11-27)12-29-25(3,4)14-35-22-9-16(6-7-28-22)19(20)8-17(13-34-5)24(23)26/h6-9,11-12,15H,10,13-14H2,1-5H3,(H,31,32)(H2,27,33,34);6-9,11-12,15H,10,13-14,27H2,1-5H3,(H,30,31). The van der Waals surface area contributed by atoms with Crippen LogP contribution in [0.15, 0.2) is 82.2 Å². The number of nitrogens with two attached hydrogens (primary N) is 2. The Balaban J connectivity index is 0.000000271. The molecule has 23 heteroatoms. The van der Waals surface area contributed by atoms with E-state index in [4.69, 9.17) is 29.8 Å². The van der Waals surface area contributed by atoms with Crippen LogP contribution in [0, 0.1) is 11.6 Å². The molecule has 0 fully saturated rings. The van der Waals surface area contributed by atoms with E-state index in [9.17, 15) is 31.5 Å². The molecule has 1 amide bonds. The number of benzene rings is 2. The molecule has 5 aromatic rings. The number of carbonyl (C=O) groups excluding carboxylic acids is 1. The molecule has 2 aromatic carbocycles. The number of carboxylic acids is 1. The number of rotatable bonds is 14. The van der Waals surface area contributed by atoms with Crippen LogP contribution < -0.4 is 25.1 Å². The molecule has 0 saturated heterocycles. The molecule has 0 radical (unpaired) electrons. The van der Waals surface area contributed by atoms with Crippen LogP contribution in [-0.4, -0.2) is 92.8 Å². The summed E-state index contributed by atoms with van der Waals surface area (Å²) in [5.41, 5.74) is 8.26. The summed E-state index contributed by atoms with van der Waals surface area (Å²) in [6.45, 7) is 14.5. The van der Waals surface area contributed by atoms with Crippen molar-refractivity contribution in [2.75, 3.05) is 27.4 Å². The quantitative estimate of drug-likeness (QED) is 0.0908. The van der Waals surface area contributed by atoms with E-state index in [0.29, 0.717) is 61.5 Å². The van der Waals surface area contributed by atoms with E-state index < -0.39 is 61.1 Å². The zero-order valence-corrected chi connectivity index (χ0v) is 44.0. The molecule has 0 unspecified atom stereocenters. The number of aliphatic imine (C=N–C) groups is 1. The number of aliphatic carboxylic acids is 1. The first-order chi connectivity index (χ1) is 34.1. The highest BCUT2D eigenvalue weighted by molar-refractivity contribution is 7.94. The Morgan fingerprint density at radius 1 is 0.973 bits per heavy atom. The number of carboxylic acid groups (broad SMARTS) is 1. The van der Waals surface area contributed by atoms with Crippen LogP contribution in [0.2, 0.25) is 0 Å². The molecular formula is C50H62F2N8O11S2. The van der Waals surface area contributed by atoms with Crippen LogP contribution in [0.3, 0.4) is 0 Å². The Kier molecular flexibility index (Phi) is 18.4. The third kappa shape index (κ3) is 14.3. The number of ether oxygens (including phenoxy) is 4. The smallest absolute Gasteiger partial charge is 0.307 e. The molecule has 3 aromatic heterocycles. The Morgan fingerprint density at radius 3 is 2.12 bits per heavy atom. The van der Waals surface area contributed by atoms with Crippen molar-refractivity contribution in [3.05, 3.63) is 117 Å². The van der Waals surface area contributed by atoms with Crippen molar-refractivity contribution in [2.45, 2.75) is 109 Å². The van der Waals surface area contributed by atoms with Gasteiger partial charge in [0.15, 0.2) is 0 Å². The van der Waals surface area contributed by atoms with Gasteiger partial charge in [0.2, 0.25) is 27.7 Å². The van der Waals surface area contributed by atoms with Gasteiger partial charge >= 0.3 is 5.97 Å². The number of carbonyl (C=O) groups is 2. The summed E-state index contributed by atoms with van der Waals surface area (Å²) in [6, 6.07) is 9.96. The summed E-state index contributed by atoms with van der Waals surface area (Å²) < 4.78 is 105. The minimum Gasteiger partial charge on any atom is -0.481 e. The number of primary sulfonamides is 1. The average molecular weight is 1050 g/mol. The van der Waals surface area contributed by atoms with Gasteiger partial charge in [-0.2, -0.15) is 5.10 Å². The summed E-state index contributed by atoms with van der Waals surface area (Å²) in [6.07, 6.45) is 6.73. The van der Waals surface area contributed by atoms with Crippen LogP contribution >= 0.6 is 0 Å². The van der Waals surface area contributed by atoms with Gasteiger partial charge < -0.3 is 29.8 Å². The lowest BCUT2D eigenvalue weighted by atomic mass is 9.86. The fourth-order valence-electron chi connectivity index (χ4n) is 7.87. The minimum absolute atomic E-state index is 0.0179. The second kappa shape index (κ2) is 23.5. The molecule has 1 aliphatic rings. The van der Waals surface area contributed by atoms with Crippen LogP contribution in [-0.2, 0) is 70.7 Å². The van der Waals surface area contributed by atoms with Crippen molar-refractivity contribution in [1.29, 1.82) is 0 Å². The van der Waals surface area contributed by atoms with Gasteiger partial charge in [0.05, 0.1) is 43.3 Å².